The van der Waals surface area contributed by atoms with Crippen LogP contribution in [0.1, 0.15) is 13.8 Å². The van der Waals surface area contributed by atoms with Crippen LogP contribution in [0, 0.1) is 5.92 Å². The van der Waals surface area contributed by atoms with E-state index in [1.807, 2.05) is 24.3 Å². The van der Waals surface area contributed by atoms with E-state index in [9.17, 15) is 0 Å². The van der Waals surface area contributed by atoms with Crippen LogP contribution in [0.3, 0.4) is 0 Å². The second-order valence-corrected chi connectivity index (χ2v) is 4.95. The molecular formula is C13H16ClN5. The van der Waals surface area contributed by atoms with Crippen LogP contribution in [0.4, 0.5) is 17.5 Å². The Morgan fingerprint density at radius 2 is 2.05 bits per heavy atom. The van der Waals surface area contributed by atoms with Gasteiger partial charge in [0.1, 0.15) is 0 Å². The molecule has 100 valence electrons. The third-order valence-corrected chi connectivity index (χ3v) is 2.69. The topological polar surface area (TPSA) is 62.7 Å². The molecule has 2 aromatic rings. The van der Waals surface area contributed by atoms with Gasteiger partial charge in [0.15, 0.2) is 5.82 Å². The number of hydrogen-bond acceptors (Lipinski definition) is 5. The molecule has 0 saturated heterocycles. The largest absolute Gasteiger partial charge is 0.353 e. The first-order valence-electron chi connectivity index (χ1n) is 6.10. The van der Waals surface area contributed by atoms with Crippen molar-refractivity contribution in [1.82, 2.24) is 15.2 Å². The molecule has 0 amide bonds. The molecule has 1 heterocycles. The third kappa shape index (κ3) is 4.06. The van der Waals surface area contributed by atoms with Crippen LogP contribution in [0.15, 0.2) is 30.5 Å². The van der Waals surface area contributed by atoms with Crippen LogP contribution in [-0.2, 0) is 0 Å². The fraction of sp³-hybridized carbons (Fsp3) is 0.308. The Labute approximate surface area is 117 Å². The van der Waals surface area contributed by atoms with Crippen molar-refractivity contribution in [3.05, 3.63) is 35.5 Å². The molecule has 6 heteroatoms. The minimum absolute atomic E-state index is 0.505. The van der Waals surface area contributed by atoms with Gasteiger partial charge in [-0.1, -0.05) is 37.6 Å². The van der Waals surface area contributed by atoms with Gasteiger partial charge in [-0.3, -0.25) is 0 Å². The van der Waals surface area contributed by atoms with E-state index in [2.05, 4.69) is 39.7 Å². The van der Waals surface area contributed by atoms with Gasteiger partial charge >= 0.3 is 0 Å². The Morgan fingerprint density at radius 1 is 1.26 bits per heavy atom. The first-order chi connectivity index (χ1) is 9.15. The standard InChI is InChI=1S/C13H16ClN5/c1-9(2)7-15-13-18-12(8-16-19-13)17-11-6-4-3-5-10(11)14/h3-6,8-9H,7H2,1-2H3,(H2,15,17,18,19). The van der Waals surface area contributed by atoms with Crippen molar-refractivity contribution in [2.45, 2.75) is 13.8 Å². The fourth-order valence-corrected chi connectivity index (χ4v) is 1.62. The molecule has 0 bridgehead atoms. The molecule has 0 fully saturated rings. The molecule has 0 aliphatic carbocycles. The lowest BCUT2D eigenvalue weighted by Gasteiger charge is -2.09. The summed E-state index contributed by atoms with van der Waals surface area (Å²) in [6.45, 7) is 5.04. The monoisotopic (exact) mass is 277 g/mol. The molecule has 2 rings (SSSR count). The summed E-state index contributed by atoms with van der Waals surface area (Å²) in [4.78, 5) is 4.33. The molecule has 2 N–H and O–H groups in total. The highest BCUT2D eigenvalue weighted by atomic mass is 35.5. The van der Waals surface area contributed by atoms with Crippen LogP contribution in [0.2, 0.25) is 5.02 Å². The number of nitrogens with zero attached hydrogens (tertiary/aromatic N) is 3. The molecule has 1 aromatic carbocycles. The predicted molar refractivity (Wildman–Crippen MR) is 77.9 cm³/mol. The number of hydrogen-bond donors (Lipinski definition) is 2. The van der Waals surface area contributed by atoms with E-state index in [4.69, 9.17) is 11.6 Å². The SMILES string of the molecule is CC(C)CNc1nncc(Nc2ccccc2Cl)n1. The highest BCUT2D eigenvalue weighted by Crippen LogP contribution is 2.23. The molecular weight excluding hydrogens is 262 g/mol. The molecule has 0 saturated carbocycles. The van der Waals surface area contributed by atoms with Crippen molar-refractivity contribution >= 4 is 29.1 Å². The van der Waals surface area contributed by atoms with Gasteiger partial charge in [-0.2, -0.15) is 10.1 Å². The van der Waals surface area contributed by atoms with Crippen molar-refractivity contribution in [2.75, 3.05) is 17.2 Å². The average molecular weight is 278 g/mol. The Kier molecular flexibility index (Phi) is 4.52. The zero-order valence-electron chi connectivity index (χ0n) is 10.9. The maximum atomic E-state index is 6.07. The van der Waals surface area contributed by atoms with E-state index < -0.39 is 0 Å². The van der Waals surface area contributed by atoms with E-state index in [1.54, 1.807) is 6.20 Å². The Balaban J connectivity index is 2.09. The van der Waals surface area contributed by atoms with Crippen LogP contribution in [0.5, 0.6) is 0 Å². The molecule has 5 nitrogen and oxygen atoms in total. The number of benzene rings is 1. The maximum absolute atomic E-state index is 6.07. The smallest absolute Gasteiger partial charge is 0.244 e. The first kappa shape index (κ1) is 13.5. The van der Waals surface area contributed by atoms with E-state index in [-0.39, 0.29) is 0 Å². The second kappa shape index (κ2) is 6.33. The molecule has 0 unspecified atom stereocenters. The minimum atomic E-state index is 0.505. The minimum Gasteiger partial charge on any atom is -0.353 e. The molecule has 19 heavy (non-hydrogen) atoms. The van der Waals surface area contributed by atoms with Gasteiger partial charge in [0.05, 0.1) is 16.9 Å². The maximum Gasteiger partial charge on any atom is 0.244 e. The number of rotatable bonds is 5. The summed E-state index contributed by atoms with van der Waals surface area (Å²) in [6.07, 6.45) is 1.56. The van der Waals surface area contributed by atoms with Crippen molar-refractivity contribution in [2.24, 2.45) is 5.92 Å². The van der Waals surface area contributed by atoms with Crippen molar-refractivity contribution in [3.63, 3.8) is 0 Å². The lowest BCUT2D eigenvalue weighted by molar-refractivity contribution is 0.682. The number of para-hydroxylation sites is 1. The molecule has 0 radical (unpaired) electrons. The molecule has 0 atom stereocenters. The summed E-state index contributed by atoms with van der Waals surface area (Å²) in [5.74, 6) is 1.63. The van der Waals surface area contributed by atoms with Crippen LogP contribution >= 0.6 is 11.6 Å². The van der Waals surface area contributed by atoms with Gasteiger partial charge in [0.2, 0.25) is 5.95 Å². The van der Waals surface area contributed by atoms with Gasteiger partial charge < -0.3 is 10.6 Å². The Bertz CT molecular complexity index is 544. The van der Waals surface area contributed by atoms with Crippen LogP contribution in [0.25, 0.3) is 0 Å². The fourth-order valence-electron chi connectivity index (χ4n) is 1.43. The predicted octanol–water partition coefficient (Wildman–Crippen LogP) is 3.34. The first-order valence-corrected chi connectivity index (χ1v) is 6.48. The highest BCUT2D eigenvalue weighted by Gasteiger charge is 2.03. The average Bonchev–Trinajstić information content (AvgIpc) is 2.40. The Hall–Kier alpha value is -1.88. The van der Waals surface area contributed by atoms with Crippen molar-refractivity contribution in [1.29, 1.82) is 0 Å². The highest BCUT2D eigenvalue weighted by molar-refractivity contribution is 6.33. The van der Waals surface area contributed by atoms with E-state index in [1.165, 1.54) is 0 Å². The van der Waals surface area contributed by atoms with E-state index in [0.717, 1.165) is 12.2 Å². The second-order valence-electron chi connectivity index (χ2n) is 4.54. The summed E-state index contributed by atoms with van der Waals surface area (Å²) in [6, 6.07) is 7.48. The number of anilines is 3. The van der Waals surface area contributed by atoms with Crippen molar-refractivity contribution < 1.29 is 0 Å². The summed E-state index contributed by atoms with van der Waals surface area (Å²) < 4.78 is 0. The normalized spacial score (nSPS) is 10.5. The molecule has 0 aliphatic heterocycles. The molecule has 0 spiro atoms. The molecule has 1 aromatic heterocycles. The van der Waals surface area contributed by atoms with Gasteiger partial charge in [-0.25, -0.2) is 0 Å². The van der Waals surface area contributed by atoms with Crippen LogP contribution < -0.4 is 10.6 Å². The van der Waals surface area contributed by atoms with Gasteiger partial charge in [0.25, 0.3) is 0 Å². The number of nitrogens with one attached hydrogen (secondary N) is 2. The number of halogens is 1. The summed E-state index contributed by atoms with van der Waals surface area (Å²) in [5.41, 5.74) is 0.791. The van der Waals surface area contributed by atoms with Gasteiger partial charge in [0, 0.05) is 6.54 Å². The van der Waals surface area contributed by atoms with Gasteiger partial charge in [-0.05, 0) is 18.1 Å². The van der Waals surface area contributed by atoms with E-state index >= 15 is 0 Å². The van der Waals surface area contributed by atoms with E-state index in [0.29, 0.717) is 22.7 Å². The number of aromatic nitrogens is 3. The quantitative estimate of drug-likeness (QED) is 0.878. The van der Waals surface area contributed by atoms with Crippen molar-refractivity contribution in [3.8, 4) is 0 Å². The zero-order chi connectivity index (χ0) is 13.7. The summed E-state index contributed by atoms with van der Waals surface area (Å²) in [7, 11) is 0. The zero-order valence-corrected chi connectivity index (χ0v) is 11.6. The third-order valence-electron chi connectivity index (χ3n) is 2.36. The summed E-state index contributed by atoms with van der Waals surface area (Å²) in [5, 5.41) is 14.7. The lowest BCUT2D eigenvalue weighted by Crippen LogP contribution is -2.11. The Morgan fingerprint density at radius 3 is 2.79 bits per heavy atom. The summed E-state index contributed by atoms with van der Waals surface area (Å²) >= 11 is 6.07. The van der Waals surface area contributed by atoms with Crippen LogP contribution in [-0.4, -0.2) is 21.7 Å². The lowest BCUT2D eigenvalue weighted by atomic mass is 10.2. The van der Waals surface area contributed by atoms with Gasteiger partial charge in [-0.15, -0.1) is 5.10 Å². The molecule has 0 aliphatic rings.